The van der Waals surface area contributed by atoms with Crippen molar-refractivity contribution >= 4 is 11.8 Å². The van der Waals surface area contributed by atoms with E-state index >= 15 is 0 Å². The fourth-order valence-electron chi connectivity index (χ4n) is 5.64. The number of rotatable bonds is 8. The molecule has 0 radical (unpaired) electrons. The highest BCUT2D eigenvalue weighted by atomic mass is 19.1. The van der Waals surface area contributed by atoms with Gasteiger partial charge in [-0.1, -0.05) is 48.5 Å². The van der Waals surface area contributed by atoms with Crippen molar-refractivity contribution < 1.29 is 14.0 Å². The van der Waals surface area contributed by atoms with Gasteiger partial charge in [-0.05, 0) is 69.4 Å². The number of nitrogens with one attached hydrogen (secondary N) is 3. The van der Waals surface area contributed by atoms with Crippen molar-refractivity contribution in [3.05, 3.63) is 90.0 Å². The highest BCUT2D eigenvalue weighted by Gasteiger charge is 2.39. The number of carbonyl (C=O) groups excluding carboxylic acids is 2. The van der Waals surface area contributed by atoms with E-state index in [9.17, 15) is 14.0 Å². The quantitative estimate of drug-likeness (QED) is 0.409. The molecule has 200 valence electrons. The van der Waals surface area contributed by atoms with Gasteiger partial charge in [0.15, 0.2) is 0 Å². The van der Waals surface area contributed by atoms with Gasteiger partial charge in [0.1, 0.15) is 11.9 Å². The first-order chi connectivity index (χ1) is 18.0. The number of nitrogens with zero attached hydrogens (tertiary/aromatic N) is 1. The summed E-state index contributed by atoms with van der Waals surface area (Å²) in [5.41, 5.74) is 2.39. The second-order valence-corrected chi connectivity index (χ2v) is 11.5. The molecule has 6 nitrogen and oxygen atoms in total. The molecule has 2 heterocycles. The van der Waals surface area contributed by atoms with E-state index in [0.717, 1.165) is 24.0 Å². The van der Waals surface area contributed by atoms with Crippen molar-refractivity contribution in [2.45, 2.75) is 76.5 Å². The molecule has 1 atom stereocenters. The molecule has 7 heteroatoms. The molecule has 4 rings (SSSR count). The van der Waals surface area contributed by atoms with Gasteiger partial charge in [0.05, 0.1) is 6.42 Å². The van der Waals surface area contributed by atoms with Gasteiger partial charge < -0.3 is 16.0 Å². The predicted molar refractivity (Wildman–Crippen MR) is 148 cm³/mol. The Morgan fingerprint density at radius 2 is 1.71 bits per heavy atom. The molecule has 1 aliphatic heterocycles. The number of hydrogen-bond donors (Lipinski definition) is 3. The summed E-state index contributed by atoms with van der Waals surface area (Å²) in [4.78, 5) is 30.6. The maximum Gasteiger partial charge on any atom is 0.243 e. The first-order valence-electron chi connectivity index (χ1n) is 13.1. The third-order valence-corrected chi connectivity index (χ3v) is 6.83. The standard InChI is InChI=1S/C31H37FN4O2/c1-30(2)18-24(19-31(3,4)36-30)34-29(38)27(16-22-9-8-14-33-20-22)35-28(37)17-21-12-13-25(26(32)15-21)23-10-6-5-7-11-23/h5-15,20,24,27,36H,16-19H2,1-4H3,(H,34,38)(H,35,37)/t27-/m0/s1. The van der Waals surface area contributed by atoms with Crippen LogP contribution in [0.1, 0.15) is 51.7 Å². The highest BCUT2D eigenvalue weighted by molar-refractivity contribution is 5.89. The zero-order chi connectivity index (χ0) is 27.3. The lowest BCUT2D eigenvalue weighted by molar-refractivity contribution is -0.129. The Hall–Kier alpha value is -3.58. The molecule has 38 heavy (non-hydrogen) atoms. The first kappa shape index (κ1) is 27.5. The SMILES string of the molecule is CC1(C)CC(NC(=O)[C@H](Cc2cccnc2)NC(=O)Cc2ccc(-c3ccccc3)c(F)c2)CC(C)(C)N1. The molecule has 0 aliphatic carbocycles. The van der Waals surface area contributed by atoms with Crippen molar-refractivity contribution in [1.82, 2.24) is 20.9 Å². The number of aromatic nitrogens is 1. The predicted octanol–water partition coefficient (Wildman–Crippen LogP) is 4.58. The van der Waals surface area contributed by atoms with Gasteiger partial charge in [-0.25, -0.2) is 4.39 Å². The van der Waals surface area contributed by atoms with Gasteiger partial charge in [-0.15, -0.1) is 0 Å². The average Bonchev–Trinajstić information content (AvgIpc) is 2.83. The summed E-state index contributed by atoms with van der Waals surface area (Å²) in [6, 6.07) is 17.0. The van der Waals surface area contributed by atoms with E-state index in [-0.39, 0.29) is 41.2 Å². The molecule has 1 aromatic heterocycles. The van der Waals surface area contributed by atoms with Crippen LogP contribution < -0.4 is 16.0 Å². The summed E-state index contributed by atoms with van der Waals surface area (Å²) in [5, 5.41) is 9.70. The van der Waals surface area contributed by atoms with Gasteiger partial charge in [0.25, 0.3) is 0 Å². The molecule has 1 aliphatic rings. The molecule has 0 spiro atoms. The van der Waals surface area contributed by atoms with Gasteiger partial charge >= 0.3 is 0 Å². The maximum atomic E-state index is 14.8. The summed E-state index contributed by atoms with van der Waals surface area (Å²) < 4.78 is 14.8. The largest absolute Gasteiger partial charge is 0.351 e. The van der Waals surface area contributed by atoms with Crippen LogP contribution in [0.5, 0.6) is 0 Å². The lowest BCUT2D eigenvalue weighted by atomic mass is 9.79. The van der Waals surface area contributed by atoms with Crippen LogP contribution in [0.3, 0.4) is 0 Å². The molecule has 0 bridgehead atoms. The number of piperidine rings is 1. The van der Waals surface area contributed by atoms with E-state index in [1.807, 2.05) is 36.4 Å². The van der Waals surface area contributed by atoms with Crippen LogP contribution >= 0.6 is 0 Å². The van der Waals surface area contributed by atoms with Crippen molar-refractivity contribution in [3.8, 4) is 11.1 Å². The average molecular weight is 517 g/mol. The minimum absolute atomic E-state index is 0.0262. The van der Waals surface area contributed by atoms with Crippen LogP contribution in [-0.4, -0.2) is 40.0 Å². The monoisotopic (exact) mass is 516 g/mol. The van der Waals surface area contributed by atoms with E-state index in [4.69, 9.17) is 0 Å². The Balaban J connectivity index is 1.46. The summed E-state index contributed by atoms with van der Waals surface area (Å²) in [6.45, 7) is 8.52. The van der Waals surface area contributed by atoms with Gasteiger partial charge in [0.2, 0.25) is 11.8 Å². The van der Waals surface area contributed by atoms with Crippen molar-refractivity contribution in [2.75, 3.05) is 0 Å². The van der Waals surface area contributed by atoms with Crippen molar-refractivity contribution in [3.63, 3.8) is 0 Å². The van der Waals surface area contributed by atoms with E-state index in [1.54, 1.807) is 30.6 Å². The van der Waals surface area contributed by atoms with E-state index in [1.165, 1.54) is 6.07 Å². The minimum atomic E-state index is -0.777. The zero-order valence-corrected chi connectivity index (χ0v) is 22.6. The number of pyridine rings is 1. The van der Waals surface area contributed by atoms with Crippen molar-refractivity contribution in [2.24, 2.45) is 0 Å². The maximum absolute atomic E-state index is 14.8. The van der Waals surface area contributed by atoms with Crippen LogP contribution in [0.2, 0.25) is 0 Å². The molecule has 2 amide bonds. The molecule has 1 fully saturated rings. The van der Waals surface area contributed by atoms with E-state index in [2.05, 4.69) is 48.6 Å². The lowest BCUT2D eigenvalue weighted by Gasteiger charge is -2.46. The molecule has 1 saturated heterocycles. The third kappa shape index (κ3) is 7.48. The highest BCUT2D eigenvalue weighted by Crippen LogP contribution is 2.28. The van der Waals surface area contributed by atoms with Gasteiger partial charge in [0, 0.05) is 41.5 Å². The Kier molecular flexibility index (Phi) is 8.26. The smallest absolute Gasteiger partial charge is 0.243 e. The number of amides is 2. The summed E-state index contributed by atoms with van der Waals surface area (Å²) >= 11 is 0. The van der Waals surface area contributed by atoms with Crippen LogP contribution in [0, 0.1) is 5.82 Å². The van der Waals surface area contributed by atoms with Gasteiger partial charge in [-0.3, -0.25) is 14.6 Å². The summed E-state index contributed by atoms with van der Waals surface area (Å²) in [7, 11) is 0. The van der Waals surface area contributed by atoms with Crippen LogP contribution in [0.4, 0.5) is 4.39 Å². The van der Waals surface area contributed by atoms with Crippen LogP contribution in [0.15, 0.2) is 73.1 Å². The topological polar surface area (TPSA) is 83.1 Å². The Morgan fingerprint density at radius 3 is 2.34 bits per heavy atom. The Morgan fingerprint density at radius 1 is 1.00 bits per heavy atom. The molecule has 2 aromatic carbocycles. The number of carbonyl (C=O) groups is 2. The summed E-state index contributed by atoms with van der Waals surface area (Å²) in [6.07, 6.45) is 5.21. The normalized spacial score (nSPS) is 17.4. The number of benzene rings is 2. The molecule has 0 saturated carbocycles. The fraction of sp³-hybridized carbons (Fsp3) is 0.387. The van der Waals surface area contributed by atoms with Gasteiger partial charge in [-0.2, -0.15) is 0 Å². The van der Waals surface area contributed by atoms with Crippen molar-refractivity contribution in [1.29, 1.82) is 0 Å². The minimum Gasteiger partial charge on any atom is -0.351 e. The Labute approximate surface area is 224 Å². The molecular weight excluding hydrogens is 479 g/mol. The molecule has 0 unspecified atom stereocenters. The number of hydrogen-bond acceptors (Lipinski definition) is 4. The zero-order valence-electron chi connectivity index (χ0n) is 22.6. The van der Waals surface area contributed by atoms with E-state index < -0.39 is 6.04 Å². The molecular formula is C31H37FN4O2. The second-order valence-electron chi connectivity index (χ2n) is 11.5. The van der Waals surface area contributed by atoms with Crippen LogP contribution in [-0.2, 0) is 22.4 Å². The third-order valence-electron chi connectivity index (χ3n) is 6.83. The summed E-state index contributed by atoms with van der Waals surface area (Å²) in [5.74, 6) is -0.958. The van der Waals surface area contributed by atoms with E-state index in [0.29, 0.717) is 17.5 Å². The Bertz CT molecular complexity index is 1250. The lowest BCUT2D eigenvalue weighted by Crippen LogP contribution is -2.63. The number of halogens is 1. The van der Waals surface area contributed by atoms with Crippen LogP contribution in [0.25, 0.3) is 11.1 Å². The molecule has 3 aromatic rings. The first-order valence-corrected chi connectivity index (χ1v) is 13.1. The molecule has 3 N–H and O–H groups in total. The second kappa shape index (κ2) is 11.4. The fourth-order valence-corrected chi connectivity index (χ4v) is 5.64.